The number of hydrogen-bond acceptors (Lipinski definition) is 4. The molecule has 1 saturated heterocycles. The van der Waals surface area contributed by atoms with Crippen LogP contribution in [0.2, 0.25) is 5.02 Å². The maximum absolute atomic E-state index is 13.0. The second kappa shape index (κ2) is 7.37. The maximum atomic E-state index is 13.0. The van der Waals surface area contributed by atoms with Crippen molar-refractivity contribution in [2.24, 2.45) is 0 Å². The van der Waals surface area contributed by atoms with Gasteiger partial charge in [-0.05, 0) is 53.5 Å². The van der Waals surface area contributed by atoms with Gasteiger partial charge in [0.25, 0.3) is 11.8 Å². The van der Waals surface area contributed by atoms with E-state index in [-0.39, 0.29) is 21.9 Å². The molecule has 2 aromatic carbocycles. The maximum Gasteiger partial charge on any atom is 0.270 e. The van der Waals surface area contributed by atoms with E-state index in [4.69, 9.17) is 23.8 Å². The Morgan fingerprint density at radius 1 is 1.11 bits per heavy atom. The van der Waals surface area contributed by atoms with Crippen molar-refractivity contribution < 1.29 is 14.7 Å². The number of carbonyl (C=O) groups is 2. The number of carbonyl (C=O) groups excluding carboxylic acids is 2. The highest BCUT2D eigenvalue weighted by Crippen LogP contribution is 2.34. The van der Waals surface area contributed by atoms with Gasteiger partial charge >= 0.3 is 0 Å². The number of thiocarbonyl (C=S) groups is 1. The molecule has 3 rings (SSSR count). The smallest absolute Gasteiger partial charge is 0.270 e. The largest absolute Gasteiger partial charge is 0.507 e. The molecule has 28 heavy (non-hydrogen) atoms. The molecule has 1 aliphatic heterocycles. The van der Waals surface area contributed by atoms with Crippen molar-refractivity contribution >= 4 is 52.5 Å². The fraction of sp³-hybridized carbons (Fsp3) is 0.190. The molecule has 0 aromatic heterocycles. The van der Waals surface area contributed by atoms with E-state index in [1.165, 1.54) is 11.0 Å². The van der Waals surface area contributed by atoms with E-state index in [0.717, 1.165) is 5.56 Å². The third kappa shape index (κ3) is 3.79. The van der Waals surface area contributed by atoms with E-state index in [2.05, 4.69) is 5.32 Å². The molecule has 2 N–H and O–H groups in total. The van der Waals surface area contributed by atoms with Crippen molar-refractivity contribution in [1.29, 1.82) is 0 Å². The second-order valence-electron chi connectivity index (χ2n) is 7.43. The van der Waals surface area contributed by atoms with Gasteiger partial charge in [0.2, 0.25) is 0 Å². The van der Waals surface area contributed by atoms with E-state index in [1.54, 1.807) is 36.4 Å². The zero-order chi connectivity index (χ0) is 20.6. The van der Waals surface area contributed by atoms with Crippen LogP contribution in [0.25, 0.3) is 6.08 Å². The molecule has 0 bridgehead atoms. The fourth-order valence-electron chi connectivity index (χ4n) is 2.92. The summed E-state index contributed by atoms with van der Waals surface area (Å²) < 4.78 is 0. The highest BCUT2D eigenvalue weighted by Gasteiger charge is 2.34. The zero-order valence-corrected chi connectivity index (χ0v) is 17.2. The van der Waals surface area contributed by atoms with Crippen LogP contribution in [0.3, 0.4) is 0 Å². The van der Waals surface area contributed by atoms with E-state index < -0.39 is 11.8 Å². The molecule has 1 aliphatic rings. The third-order valence-corrected chi connectivity index (χ3v) is 4.90. The Labute approximate surface area is 173 Å². The van der Waals surface area contributed by atoms with Crippen LogP contribution in [0.15, 0.2) is 48.0 Å². The topological polar surface area (TPSA) is 69.6 Å². The summed E-state index contributed by atoms with van der Waals surface area (Å²) in [7, 11) is 0. The van der Waals surface area contributed by atoms with Crippen LogP contribution in [0.4, 0.5) is 5.69 Å². The minimum atomic E-state index is -0.610. The minimum Gasteiger partial charge on any atom is -0.507 e. The molecule has 0 aliphatic carbocycles. The first-order valence-corrected chi connectivity index (χ1v) is 9.37. The van der Waals surface area contributed by atoms with E-state index in [1.807, 2.05) is 26.8 Å². The van der Waals surface area contributed by atoms with Crippen molar-refractivity contribution in [3.8, 4) is 5.75 Å². The quantitative estimate of drug-likeness (QED) is 0.439. The number of para-hydroxylation sites is 1. The lowest BCUT2D eigenvalue weighted by atomic mass is 9.85. The SMILES string of the molecule is CC(C)(C)c1cccc(/C=C2/C(=O)NC(=S)N(c3ccc(Cl)cc3)C2=O)c1O. The van der Waals surface area contributed by atoms with Gasteiger partial charge < -0.3 is 5.11 Å². The van der Waals surface area contributed by atoms with Crippen LogP contribution in [0.5, 0.6) is 5.75 Å². The fourth-order valence-corrected chi connectivity index (χ4v) is 3.33. The Morgan fingerprint density at radius 2 is 1.75 bits per heavy atom. The number of phenols is 1. The molecule has 7 heteroatoms. The lowest BCUT2D eigenvalue weighted by molar-refractivity contribution is -0.122. The highest BCUT2D eigenvalue weighted by molar-refractivity contribution is 7.80. The Hall–Kier alpha value is -2.70. The van der Waals surface area contributed by atoms with Crippen LogP contribution in [-0.4, -0.2) is 22.0 Å². The van der Waals surface area contributed by atoms with E-state index in [9.17, 15) is 14.7 Å². The molecule has 1 heterocycles. The predicted molar refractivity (Wildman–Crippen MR) is 114 cm³/mol. The van der Waals surface area contributed by atoms with Gasteiger partial charge in [0.1, 0.15) is 11.3 Å². The predicted octanol–water partition coefficient (Wildman–Crippen LogP) is 4.17. The van der Waals surface area contributed by atoms with Crippen molar-refractivity contribution in [3.63, 3.8) is 0 Å². The zero-order valence-electron chi connectivity index (χ0n) is 15.6. The summed E-state index contributed by atoms with van der Waals surface area (Å²) in [6.07, 6.45) is 1.38. The lowest BCUT2D eigenvalue weighted by Gasteiger charge is -2.29. The molecule has 0 unspecified atom stereocenters. The molecule has 0 radical (unpaired) electrons. The van der Waals surface area contributed by atoms with E-state index in [0.29, 0.717) is 16.3 Å². The van der Waals surface area contributed by atoms with Gasteiger partial charge in [0.05, 0.1) is 5.69 Å². The molecule has 1 fully saturated rings. The Balaban J connectivity index is 2.06. The van der Waals surface area contributed by atoms with Gasteiger partial charge in [-0.25, -0.2) is 0 Å². The lowest BCUT2D eigenvalue weighted by Crippen LogP contribution is -2.54. The standard InChI is InChI=1S/C21H19ClN2O3S/c1-21(2,3)16-6-4-5-12(17(16)25)11-15-18(26)23-20(28)24(19(15)27)14-9-7-13(22)8-10-14/h4-11,25H,1-3H3,(H,23,26,28)/b15-11-. The average molecular weight is 415 g/mol. The molecular formula is C21H19ClN2O3S. The van der Waals surface area contributed by atoms with Gasteiger partial charge in [0.15, 0.2) is 5.11 Å². The molecular weight excluding hydrogens is 396 g/mol. The number of nitrogens with one attached hydrogen (secondary N) is 1. The number of amides is 2. The highest BCUT2D eigenvalue weighted by atomic mass is 35.5. The Morgan fingerprint density at radius 3 is 2.36 bits per heavy atom. The number of halogens is 1. The van der Waals surface area contributed by atoms with Crippen molar-refractivity contribution in [2.75, 3.05) is 4.90 Å². The first-order chi connectivity index (χ1) is 13.1. The number of anilines is 1. The normalized spacial score (nSPS) is 16.5. The molecule has 2 amide bonds. The van der Waals surface area contributed by atoms with Gasteiger partial charge in [-0.3, -0.25) is 19.8 Å². The van der Waals surface area contributed by atoms with Crippen LogP contribution in [-0.2, 0) is 15.0 Å². The van der Waals surface area contributed by atoms with E-state index >= 15 is 0 Å². The summed E-state index contributed by atoms with van der Waals surface area (Å²) in [5.41, 5.74) is 1.17. The second-order valence-corrected chi connectivity index (χ2v) is 8.25. The number of nitrogens with zero attached hydrogens (tertiary/aromatic N) is 1. The first kappa shape index (κ1) is 20.0. The molecule has 5 nitrogen and oxygen atoms in total. The molecule has 2 aromatic rings. The molecule has 0 saturated carbocycles. The number of benzene rings is 2. The summed E-state index contributed by atoms with van der Waals surface area (Å²) in [6, 6.07) is 11.8. The Kier molecular flexibility index (Phi) is 5.28. The summed E-state index contributed by atoms with van der Waals surface area (Å²) in [4.78, 5) is 26.7. The van der Waals surface area contributed by atoms with Crippen LogP contribution >= 0.6 is 23.8 Å². The number of rotatable bonds is 2. The van der Waals surface area contributed by atoms with Crippen LogP contribution < -0.4 is 10.2 Å². The number of hydrogen-bond donors (Lipinski definition) is 2. The van der Waals surface area contributed by atoms with Crippen LogP contribution in [0, 0.1) is 0 Å². The van der Waals surface area contributed by atoms with Gasteiger partial charge in [-0.15, -0.1) is 0 Å². The monoisotopic (exact) mass is 414 g/mol. The average Bonchev–Trinajstić information content (AvgIpc) is 2.60. The third-order valence-electron chi connectivity index (χ3n) is 4.36. The van der Waals surface area contributed by atoms with Crippen LogP contribution in [0.1, 0.15) is 31.9 Å². The molecule has 144 valence electrons. The van der Waals surface area contributed by atoms with Crippen molar-refractivity contribution in [2.45, 2.75) is 26.2 Å². The van der Waals surface area contributed by atoms with Gasteiger partial charge in [-0.1, -0.05) is 50.6 Å². The summed E-state index contributed by atoms with van der Waals surface area (Å²) >= 11 is 11.1. The summed E-state index contributed by atoms with van der Waals surface area (Å²) in [5.74, 6) is -1.15. The summed E-state index contributed by atoms with van der Waals surface area (Å²) in [5, 5.41) is 13.7. The Bertz CT molecular complexity index is 1010. The van der Waals surface area contributed by atoms with Gasteiger partial charge in [0, 0.05) is 10.6 Å². The number of aromatic hydroxyl groups is 1. The van der Waals surface area contributed by atoms with Crippen molar-refractivity contribution in [1.82, 2.24) is 5.32 Å². The minimum absolute atomic E-state index is 0.0119. The molecule has 0 spiro atoms. The van der Waals surface area contributed by atoms with Crippen molar-refractivity contribution in [3.05, 3.63) is 64.2 Å². The first-order valence-electron chi connectivity index (χ1n) is 8.59. The van der Waals surface area contributed by atoms with Gasteiger partial charge in [-0.2, -0.15) is 0 Å². The summed E-state index contributed by atoms with van der Waals surface area (Å²) in [6.45, 7) is 5.91. The number of phenolic OH excluding ortho intramolecular Hbond substituents is 1. The molecule has 0 atom stereocenters.